The summed E-state index contributed by atoms with van der Waals surface area (Å²) in [5.74, 6) is 1.04. The van der Waals surface area contributed by atoms with E-state index in [1.807, 2.05) is 11.8 Å². The lowest BCUT2D eigenvalue weighted by Gasteiger charge is -2.32. The van der Waals surface area contributed by atoms with Crippen LogP contribution >= 0.6 is 12.4 Å². The van der Waals surface area contributed by atoms with Crippen LogP contribution in [0.4, 0.5) is 0 Å². The van der Waals surface area contributed by atoms with E-state index in [2.05, 4.69) is 5.32 Å². The van der Waals surface area contributed by atoms with Gasteiger partial charge in [0.2, 0.25) is 5.91 Å². The van der Waals surface area contributed by atoms with E-state index in [0.717, 1.165) is 31.8 Å². The zero-order valence-electron chi connectivity index (χ0n) is 13.0. The molecule has 1 aliphatic carbocycles. The number of carbonyl (C=O) groups is 1. The number of nitrogens with one attached hydrogen (secondary N) is 1. The number of halogens is 1. The highest BCUT2D eigenvalue weighted by Crippen LogP contribution is 2.28. The second-order valence-corrected chi connectivity index (χ2v) is 5.76. The first-order chi connectivity index (χ1) is 9.79. The van der Waals surface area contributed by atoms with Gasteiger partial charge in [0.25, 0.3) is 0 Å². The molecule has 1 N–H and O–H groups in total. The molecule has 0 aromatic heterocycles. The van der Waals surface area contributed by atoms with Crippen LogP contribution in [-0.2, 0) is 14.3 Å². The van der Waals surface area contributed by atoms with E-state index in [-0.39, 0.29) is 24.9 Å². The van der Waals surface area contributed by atoms with Crippen molar-refractivity contribution in [3.8, 4) is 0 Å². The van der Waals surface area contributed by atoms with Crippen LogP contribution in [0, 0.1) is 5.92 Å². The second-order valence-electron chi connectivity index (χ2n) is 5.76. The van der Waals surface area contributed by atoms with Gasteiger partial charge in [0, 0.05) is 25.7 Å². The van der Waals surface area contributed by atoms with E-state index in [0.29, 0.717) is 25.9 Å². The number of hydrogen-bond acceptors (Lipinski definition) is 4. The second kappa shape index (κ2) is 10.4. The van der Waals surface area contributed by atoms with Gasteiger partial charge in [-0.2, -0.15) is 0 Å². The third-order valence-electron chi connectivity index (χ3n) is 4.04. The molecule has 124 valence electrons. The zero-order chi connectivity index (χ0) is 14.2. The van der Waals surface area contributed by atoms with Crippen LogP contribution in [0.15, 0.2) is 0 Å². The molecule has 1 heterocycles. The molecule has 5 nitrogen and oxygen atoms in total. The number of likely N-dealkylation sites (tertiary alicyclic amines) is 1. The topological polar surface area (TPSA) is 50.8 Å². The molecule has 2 fully saturated rings. The van der Waals surface area contributed by atoms with Crippen molar-refractivity contribution in [3.63, 3.8) is 0 Å². The van der Waals surface area contributed by atoms with Gasteiger partial charge in [-0.3, -0.25) is 4.79 Å². The van der Waals surface area contributed by atoms with Crippen molar-refractivity contribution in [2.75, 3.05) is 46.1 Å². The fourth-order valence-corrected chi connectivity index (χ4v) is 2.50. The summed E-state index contributed by atoms with van der Waals surface area (Å²) in [6.45, 7) is 6.78. The largest absolute Gasteiger partial charge is 0.379 e. The molecule has 0 spiro atoms. The molecule has 2 aliphatic rings. The number of rotatable bonds is 9. The normalized spacial score (nSPS) is 19.4. The van der Waals surface area contributed by atoms with Gasteiger partial charge in [0.05, 0.1) is 13.2 Å². The molecule has 1 amide bonds. The molecular formula is C15H29ClN2O3. The Morgan fingerprint density at radius 3 is 2.43 bits per heavy atom. The Bertz CT molecular complexity index is 293. The molecule has 2 rings (SSSR count). The van der Waals surface area contributed by atoms with Gasteiger partial charge in [0.15, 0.2) is 0 Å². The Labute approximate surface area is 134 Å². The van der Waals surface area contributed by atoms with E-state index in [1.165, 1.54) is 19.4 Å². The van der Waals surface area contributed by atoms with Gasteiger partial charge in [0.1, 0.15) is 6.61 Å². The van der Waals surface area contributed by atoms with Crippen molar-refractivity contribution >= 4 is 18.3 Å². The van der Waals surface area contributed by atoms with Crippen molar-refractivity contribution < 1.29 is 14.3 Å². The quantitative estimate of drug-likeness (QED) is 0.653. The fraction of sp³-hybridized carbons (Fsp3) is 0.933. The molecular weight excluding hydrogens is 292 g/mol. The van der Waals surface area contributed by atoms with Gasteiger partial charge in [-0.15, -0.1) is 12.4 Å². The van der Waals surface area contributed by atoms with E-state index in [1.54, 1.807) is 0 Å². The van der Waals surface area contributed by atoms with Gasteiger partial charge < -0.3 is 19.7 Å². The zero-order valence-corrected chi connectivity index (χ0v) is 13.8. The van der Waals surface area contributed by atoms with E-state index in [9.17, 15) is 4.79 Å². The number of ether oxygens (including phenoxy) is 2. The minimum atomic E-state index is 0. The average molecular weight is 321 g/mol. The molecule has 1 saturated heterocycles. The highest BCUT2D eigenvalue weighted by molar-refractivity contribution is 5.85. The van der Waals surface area contributed by atoms with Crippen molar-refractivity contribution in [1.29, 1.82) is 0 Å². The monoisotopic (exact) mass is 320 g/mol. The maximum atomic E-state index is 12.0. The summed E-state index contributed by atoms with van der Waals surface area (Å²) in [7, 11) is 0. The molecule has 1 aliphatic heterocycles. The third-order valence-corrected chi connectivity index (χ3v) is 4.04. The molecule has 21 heavy (non-hydrogen) atoms. The first kappa shape index (κ1) is 18.7. The SMILES string of the molecule is CCOCCOCC(=O)N1CCC(NCC2CC2)CC1.Cl. The average Bonchev–Trinajstić information content (AvgIpc) is 3.29. The maximum absolute atomic E-state index is 12.0. The van der Waals surface area contributed by atoms with Crippen LogP contribution in [0.1, 0.15) is 32.6 Å². The number of hydrogen-bond donors (Lipinski definition) is 1. The smallest absolute Gasteiger partial charge is 0.248 e. The number of amides is 1. The number of piperidine rings is 1. The van der Waals surface area contributed by atoms with Gasteiger partial charge in [-0.05, 0) is 45.1 Å². The van der Waals surface area contributed by atoms with E-state index in [4.69, 9.17) is 9.47 Å². The summed E-state index contributed by atoms with van der Waals surface area (Å²) in [4.78, 5) is 13.9. The van der Waals surface area contributed by atoms with E-state index < -0.39 is 0 Å². The van der Waals surface area contributed by atoms with Gasteiger partial charge >= 0.3 is 0 Å². The van der Waals surface area contributed by atoms with Crippen molar-refractivity contribution in [1.82, 2.24) is 10.2 Å². The molecule has 0 radical (unpaired) electrons. The van der Waals surface area contributed by atoms with Crippen LogP contribution in [0.2, 0.25) is 0 Å². The summed E-state index contributed by atoms with van der Waals surface area (Å²) < 4.78 is 10.5. The molecule has 0 atom stereocenters. The lowest BCUT2D eigenvalue weighted by molar-refractivity contribution is -0.137. The van der Waals surface area contributed by atoms with E-state index >= 15 is 0 Å². The standard InChI is InChI=1S/C15H28N2O3.ClH/c1-2-19-9-10-20-12-15(18)17-7-5-14(6-8-17)16-11-13-3-4-13;/h13-14,16H,2-12H2,1H3;1H. The fourth-order valence-electron chi connectivity index (χ4n) is 2.50. The first-order valence-corrected chi connectivity index (χ1v) is 7.96. The summed E-state index contributed by atoms with van der Waals surface area (Å²) >= 11 is 0. The molecule has 6 heteroatoms. The van der Waals surface area contributed by atoms with Gasteiger partial charge in [-0.25, -0.2) is 0 Å². The third kappa shape index (κ3) is 7.45. The maximum Gasteiger partial charge on any atom is 0.248 e. The van der Waals surface area contributed by atoms with Crippen LogP contribution in [0.25, 0.3) is 0 Å². The number of carbonyl (C=O) groups excluding carboxylic acids is 1. The Kier molecular flexibility index (Phi) is 9.24. The molecule has 0 unspecified atom stereocenters. The van der Waals surface area contributed by atoms with Crippen molar-refractivity contribution in [3.05, 3.63) is 0 Å². The lowest BCUT2D eigenvalue weighted by atomic mass is 10.0. The summed E-state index contributed by atoms with van der Waals surface area (Å²) in [6.07, 6.45) is 4.92. The highest BCUT2D eigenvalue weighted by Gasteiger charge is 2.25. The van der Waals surface area contributed by atoms with Crippen LogP contribution < -0.4 is 5.32 Å². The van der Waals surface area contributed by atoms with Gasteiger partial charge in [-0.1, -0.05) is 0 Å². The summed E-state index contributed by atoms with van der Waals surface area (Å²) in [6, 6.07) is 0.596. The Hall–Kier alpha value is -0.360. The molecule has 0 bridgehead atoms. The first-order valence-electron chi connectivity index (χ1n) is 7.96. The minimum Gasteiger partial charge on any atom is -0.379 e. The van der Waals surface area contributed by atoms with Crippen molar-refractivity contribution in [2.45, 2.75) is 38.6 Å². The summed E-state index contributed by atoms with van der Waals surface area (Å²) in [5, 5.41) is 3.62. The molecule has 1 saturated carbocycles. The Morgan fingerprint density at radius 2 is 1.81 bits per heavy atom. The predicted octanol–water partition coefficient (Wildman–Crippen LogP) is 1.45. The summed E-state index contributed by atoms with van der Waals surface area (Å²) in [5.41, 5.74) is 0. The van der Waals surface area contributed by atoms with Crippen molar-refractivity contribution in [2.24, 2.45) is 5.92 Å². The van der Waals surface area contributed by atoms with Crippen LogP contribution in [0.5, 0.6) is 0 Å². The lowest BCUT2D eigenvalue weighted by Crippen LogP contribution is -2.46. The molecule has 0 aromatic carbocycles. The Balaban J connectivity index is 0.00000220. The molecule has 0 aromatic rings. The predicted molar refractivity (Wildman–Crippen MR) is 84.9 cm³/mol. The van der Waals surface area contributed by atoms with Crippen LogP contribution in [0.3, 0.4) is 0 Å². The van der Waals surface area contributed by atoms with Crippen LogP contribution in [-0.4, -0.2) is 62.9 Å². The minimum absolute atomic E-state index is 0. The highest BCUT2D eigenvalue weighted by atomic mass is 35.5. The number of nitrogens with zero attached hydrogens (tertiary/aromatic N) is 1. The Morgan fingerprint density at radius 1 is 1.14 bits per heavy atom.